The lowest BCUT2D eigenvalue weighted by Gasteiger charge is -2.07. The van der Waals surface area contributed by atoms with Crippen molar-refractivity contribution in [2.75, 3.05) is 0 Å². The first-order valence-electron chi connectivity index (χ1n) is 6.18. The van der Waals surface area contributed by atoms with Crippen LogP contribution in [0.3, 0.4) is 0 Å². The average molecular weight is 258 g/mol. The summed E-state index contributed by atoms with van der Waals surface area (Å²) in [5.41, 5.74) is 2.77. The molecule has 0 aromatic carbocycles. The highest BCUT2D eigenvalue weighted by atomic mass is 16.2. The van der Waals surface area contributed by atoms with Gasteiger partial charge in [0.25, 0.3) is 0 Å². The maximum Gasteiger partial charge on any atom is 0.352 e. The number of allylic oxidation sites excluding steroid dienone is 1. The summed E-state index contributed by atoms with van der Waals surface area (Å²) < 4.78 is 2.93. The zero-order valence-electron chi connectivity index (χ0n) is 11.8. The Kier molecular flexibility index (Phi) is 3.38. The van der Waals surface area contributed by atoms with Crippen molar-refractivity contribution in [3.8, 4) is 5.82 Å². The van der Waals surface area contributed by atoms with Crippen molar-refractivity contribution in [3.05, 3.63) is 51.9 Å². The van der Waals surface area contributed by atoms with Crippen LogP contribution < -0.4 is 5.69 Å². The predicted octanol–water partition coefficient (Wildman–Crippen LogP) is 1.85. The number of pyridine rings is 1. The maximum absolute atomic E-state index is 12.3. The molecule has 19 heavy (non-hydrogen) atoms. The topological polar surface area (TPSA) is 52.7 Å². The first kappa shape index (κ1) is 13.3. The van der Waals surface area contributed by atoms with Crippen LogP contribution in [0.4, 0.5) is 0 Å². The van der Waals surface area contributed by atoms with Gasteiger partial charge in [0.2, 0.25) is 0 Å². The SMILES string of the molecule is C=CCn1c(C)nn(-c2nc(C)c(C)cc2C)c1=O. The lowest BCUT2D eigenvalue weighted by Crippen LogP contribution is -2.25. The van der Waals surface area contributed by atoms with Crippen LogP contribution in [0.25, 0.3) is 5.82 Å². The Morgan fingerprint density at radius 1 is 1.26 bits per heavy atom. The number of rotatable bonds is 3. The van der Waals surface area contributed by atoms with Crippen LogP contribution in [-0.2, 0) is 6.54 Å². The van der Waals surface area contributed by atoms with Crippen molar-refractivity contribution in [1.82, 2.24) is 19.3 Å². The maximum atomic E-state index is 12.3. The van der Waals surface area contributed by atoms with Gasteiger partial charge in [0.05, 0.1) is 0 Å². The van der Waals surface area contributed by atoms with E-state index in [1.807, 2.05) is 26.8 Å². The van der Waals surface area contributed by atoms with Gasteiger partial charge in [-0.3, -0.25) is 4.57 Å². The van der Waals surface area contributed by atoms with Gasteiger partial charge in [-0.2, -0.15) is 4.68 Å². The van der Waals surface area contributed by atoms with Crippen molar-refractivity contribution in [2.45, 2.75) is 34.2 Å². The molecule has 0 N–H and O–H groups in total. The normalized spacial score (nSPS) is 10.7. The fraction of sp³-hybridized carbons (Fsp3) is 0.357. The Labute approximate surface area is 112 Å². The minimum atomic E-state index is -0.184. The van der Waals surface area contributed by atoms with E-state index in [1.54, 1.807) is 17.6 Å². The molecule has 0 saturated heterocycles. The zero-order valence-corrected chi connectivity index (χ0v) is 11.8. The number of nitrogens with zero attached hydrogens (tertiary/aromatic N) is 4. The van der Waals surface area contributed by atoms with E-state index in [0.29, 0.717) is 18.2 Å². The van der Waals surface area contributed by atoms with Gasteiger partial charge >= 0.3 is 5.69 Å². The minimum Gasteiger partial charge on any atom is -0.275 e. The van der Waals surface area contributed by atoms with Crippen LogP contribution >= 0.6 is 0 Å². The summed E-state index contributed by atoms with van der Waals surface area (Å²) in [7, 11) is 0. The van der Waals surface area contributed by atoms with Crippen LogP contribution in [0.15, 0.2) is 23.5 Å². The van der Waals surface area contributed by atoms with Crippen molar-refractivity contribution >= 4 is 0 Å². The van der Waals surface area contributed by atoms with Gasteiger partial charge in [-0.25, -0.2) is 9.78 Å². The minimum absolute atomic E-state index is 0.184. The standard InChI is InChI=1S/C14H18N4O/c1-6-7-17-12(5)16-18(14(17)19)13-10(3)8-9(2)11(4)15-13/h6,8H,1,7H2,2-5H3. The molecule has 0 fully saturated rings. The smallest absolute Gasteiger partial charge is 0.275 e. The Morgan fingerprint density at radius 3 is 2.58 bits per heavy atom. The molecule has 5 heteroatoms. The zero-order chi connectivity index (χ0) is 14.2. The van der Waals surface area contributed by atoms with E-state index >= 15 is 0 Å². The molecular weight excluding hydrogens is 240 g/mol. The quantitative estimate of drug-likeness (QED) is 0.789. The molecule has 2 aromatic rings. The van der Waals surface area contributed by atoms with Crippen LogP contribution in [0.2, 0.25) is 0 Å². The number of hydrogen-bond acceptors (Lipinski definition) is 3. The molecule has 0 radical (unpaired) electrons. The van der Waals surface area contributed by atoms with E-state index in [0.717, 1.165) is 16.8 Å². The largest absolute Gasteiger partial charge is 0.352 e. The van der Waals surface area contributed by atoms with Gasteiger partial charge < -0.3 is 0 Å². The van der Waals surface area contributed by atoms with Gasteiger partial charge in [0.15, 0.2) is 5.82 Å². The van der Waals surface area contributed by atoms with E-state index in [9.17, 15) is 4.79 Å². The van der Waals surface area contributed by atoms with Crippen molar-refractivity contribution in [1.29, 1.82) is 0 Å². The van der Waals surface area contributed by atoms with Gasteiger partial charge in [-0.1, -0.05) is 12.1 Å². The molecule has 5 nitrogen and oxygen atoms in total. The van der Waals surface area contributed by atoms with Crippen LogP contribution in [-0.4, -0.2) is 19.3 Å². The Balaban J connectivity index is 2.66. The fourth-order valence-corrected chi connectivity index (χ4v) is 2.01. The van der Waals surface area contributed by atoms with Crippen LogP contribution in [0.1, 0.15) is 22.6 Å². The summed E-state index contributed by atoms with van der Waals surface area (Å²) in [5, 5.41) is 4.29. The highest BCUT2D eigenvalue weighted by molar-refractivity contribution is 5.37. The molecule has 0 atom stereocenters. The molecule has 0 spiro atoms. The molecular formula is C14H18N4O. The molecule has 0 unspecified atom stereocenters. The first-order chi connectivity index (χ1) is 8.95. The van der Waals surface area contributed by atoms with Crippen molar-refractivity contribution in [2.24, 2.45) is 0 Å². The molecule has 0 amide bonds. The van der Waals surface area contributed by atoms with Gasteiger partial charge in [-0.05, 0) is 38.8 Å². The van der Waals surface area contributed by atoms with Gasteiger partial charge in [0, 0.05) is 12.2 Å². The number of aromatic nitrogens is 4. The molecule has 0 saturated carbocycles. The monoisotopic (exact) mass is 258 g/mol. The summed E-state index contributed by atoms with van der Waals surface area (Å²) >= 11 is 0. The van der Waals surface area contributed by atoms with E-state index in [-0.39, 0.29) is 5.69 Å². The lowest BCUT2D eigenvalue weighted by atomic mass is 10.1. The van der Waals surface area contributed by atoms with E-state index in [4.69, 9.17) is 0 Å². The molecule has 0 aliphatic heterocycles. The number of hydrogen-bond donors (Lipinski definition) is 0. The second-order valence-corrected chi connectivity index (χ2v) is 4.67. The second kappa shape index (κ2) is 4.84. The molecule has 2 aromatic heterocycles. The summed E-state index contributed by atoms with van der Waals surface area (Å²) in [6.07, 6.45) is 1.68. The summed E-state index contributed by atoms with van der Waals surface area (Å²) in [6.45, 7) is 11.8. The Bertz CT molecular complexity index is 694. The summed E-state index contributed by atoms with van der Waals surface area (Å²) in [5.74, 6) is 1.25. The average Bonchev–Trinajstić information content (AvgIpc) is 2.62. The van der Waals surface area contributed by atoms with E-state index in [1.165, 1.54) is 4.68 Å². The fourth-order valence-electron chi connectivity index (χ4n) is 2.01. The van der Waals surface area contributed by atoms with Gasteiger partial charge in [0.1, 0.15) is 5.82 Å². The predicted molar refractivity (Wildman–Crippen MR) is 74.8 cm³/mol. The summed E-state index contributed by atoms with van der Waals surface area (Å²) in [4.78, 5) is 16.8. The van der Waals surface area contributed by atoms with Crippen LogP contribution in [0.5, 0.6) is 0 Å². The third-order valence-corrected chi connectivity index (χ3v) is 3.19. The molecule has 0 aliphatic rings. The Hall–Kier alpha value is -2.17. The van der Waals surface area contributed by atoms with Gasteiger partial charge in [-0.15, -0.1) is 11.7 Å². The molecule has 0 aliphatic carbocycles. The highest BCUT2D eigenvalue weighted by Gasteiger charge is 2.14. The third kappa shape index (κ3) is 2.23. The number of aryl methyl sites for hydroxylation is 4. The van der Waals surface area contributed by atoms with E-state index < -0.39 is 0 Å². The first-order valence-corrected chi connectivity index (χ1v) is 6.18. The lowest BCUT2D eigenvalue weighted by molar-refractivity contribution is 0.731. The van der Waals surface area contributed by atoms with Crippen molar-refractivity contribution < 1.29 is 0 Å². The Morgan fingerprint density at radius 2 is 1.95 bits per heavy atom. The van der Waals surface area contributed by atoms with E-state index in [2.05, 4.69) is 16.7 Å². The summed E-state index contributed by atoms with van der Waals surface area (Å²) in [6, 6.07) is 2.02. The molecule has 2 heterocycles. The molecule has 2 rings (SSSR count). The molecule has 0 bridgehead atoms. The van der Waals surface area contributed by atoms with Crippen LogP contribution in [0, 0.1) is 27.7 Å². The second-order valence-electron chi connectivity index (χ2n) is 4.67. The van der Waals surface area contributed by atoms with Crippen molar-refractivity contribution in [3.63, 3.8) is 0 Å². The third-order valence-electron chi connectivity index (χ3n) is 3.19. The molecule has 100 valence electrons. The highest BCUT2D eigenvalue weighted by Crippen LogP contribution is 2.13.